The Bertz CT molecular complexity index is 132. The second kappa shape index (κ2) is 9.17. The van der Waals surface area contributed by atoms with Crippen LogP contribution in [-0.4, -0.2) is 24.3 Å². The van der Waals surface area contributed by atoms with Crippen molar-refractivity contribution >= 4 is 0 Å². The molecular formula is C13H29NO. The number of rotatable bonds is 9. The summed E-state index contributed by atoms with van der Waals surface area (Å²) in [6.45, 7) is 10.4. The van der Waals surface area contributed by atoms with Crippen LogP contribution in [0, 0.1) is 11.8 Å². The van der Waals surface area contributed by atoms with Gasteiger partial charge in [0, 0.05) is 12.6 Å². The lowest BCUT2D eigenvalue weighted by atomic mass is 9.97. The first-order valence-electron chi connectivity index (χ1n) is 6.49. The average molecular weight is 215 g/mol. The fourth-order valence-electron chi connectivity index (χ4n) is 1.85. The summed E-state index contributed by atoms with van der Waals surface area (Å²) in [7, 11) is 0. The second-order valence-corrected chi connectivity index (χ2v) is 4.75. The van der Waals surface area contributed by atoms with Crippen LogP contribution in [0.2, 0.25) is 0 Å². The molecule has 0 aliphatic heterocycles. The van der Waals surface area contributed by atoms with Crippen LogP contribution in [0.4, 0.5) is 0 Å². The monoisotopic (exact) mass is 215 g/mol. The molecule has 0 amide bonds. The van der Waals surface area contributed by atoms with Crippen molar-refractivity contribution in [2.24, 2.45) is 11.8 Å². The quantitative estimate of drug-likeness (QED) is 0.620. The van der Waals surface area contributed by atoms with Gasteiger partial charge in [-0.1, -0.05) is 33.6 Å². The van der Waals surface area contributed by atoms with Crippen molar-refractivity contribution in [3.8, 4) is 0 Å². The molecule has 2 heteroatoms. The topological polar surface area (TPSA) is 32.3 Å². The zero-order valence-electron chi connectivity index (χ0n) is 10.9. The van der Waals surface area contributed by atoms with Crippen molar-refractivity contribution in [3.05, 3.63) is 0 Å². The Kier molecular flexibility index (Phi) is 9.12. The van der Waals surface area contributed by atoms with Crippen molar-refractivity contribution < 1.29 is 5.11 Å². The first-order valence-corrected chi connectivity index (χ1v) is 6.49. The normalized spacial score (nSPS) is 17.4. The molecule has 0 saturated carbocycles. The van der Waals surface area contributed by atoms with Gasteiger partial charge in [0.2, 0.25) is 0 Å². The first-order chi connectivity index (χ1) is 7.15. The lowest BCUT2D eigenvalue weighted by Gasteiger charge is -2.23. The summed E-state index contributed by atoms with van der Waals surface area (Å²) >= 11 is 0. The number of aliphatic hydroxyl groups excluding tert-OH is 1. The van der Waals surface area contributed by atoms with E-state index in [0.717, 1.165) is 18.9 Å². The highest BCUT2D eigenvalue weighted by Crippen LogP contribution is 2.12. The van der Waals surface area contributed by atoms with Crippen LogP contribution in [0.1, 0.15) is 53.4 Å². The number of hydrogen-bond acceptors (Lipinski definition) is 2. The Labute approximate surface area is 95.5 Å². The van der Waals surface area contributed by atoms with Gasteiger partial charge in [-0.3, -0.25) is 0 Å². The van der Waals surface area contributed by atoms with Gasteiger partial charge in [-0.15, -0.1) is 0 Å². The zero-order valence-corrected chi connectivity index (χ0v) is 10.9. The van der Waals surface area contributed by atoms with Gasteiger partial charge in [-0.25, -0.2) is 0 Å². The van der Waals surface area contributed by atoms with E-state index in [1.165, 1.54) is 19.3 Å². The molecule has 0 spiro atoms. The van der Waals surface area contributed by atoms with Crippen molar-refractivity contribution in [3.63, 3.8) is 0 Å². The van der Waals surface area contributed by atoms with Crippen LogP contribution in [0.3, 0.4) is 0 Å². The van der Waals surface area contributed by atoms with Gasteiger partial charge in [0.05, 0.1) is 0 Å². The molecule has 92 valence electrons. The molecule has 2 N–H and O–H groups in total. The summed E-state index contributed by atoms with van der Waals surface area (Å²) in [4.78, 5) is 0. The molecule has 3 unspecified atom stereocenters. The predicted octanol–water partition coefficient (Wildman–Crippen LogP) is 2.81. The van der Waals surface area contributed by atoms with Crippen molar-refractivity contribution in [1.29, 1.82) is 0 Å². The zero-order chi connectivity index (χ0) is 11.7. The third kappa shape index (κ3) is 6.91. The van der Waals surface area contributed by atoms with E-state index in [-0.39, 0.29) is 0 Å². The van der Waals surface area contributed by atoms with Gasteiger partial charge < -0.3 is 10.4 Å². The van der Waals surface area contributed by atoms with Crippen LogP contribution in [0.15, 0.2) is 0 Å². The molecular weight excluding hydrogens is 186 g/mol. The molecule has 0 aromatic rings. The fourth-order valence-corrected chi connectivity index (χ4v) is 1.85. The van der Waals surface area contributed by atoms with Crippen LogP contribution in [-0.2, 0) is 0 Å². The van der Waals surface area contributed by atoms with Gasteiger partial charge >= 0.3 is 0 Å². The SMILES string of the molecule is CCCC(CCO)CNC(C)C(C)CC. The Hall–Kier alpha value is -0.0800. The molecule has 2 nitrogen and oxygen atoms in total. The van der Waals surface area contributed by atoms with E-state index in [4.69, 9.17) is 5.11 Å². The van der Waals surface area contributed by atoms with Crippen molar-refractivity contribution in [2.75, 3.05) is 13.2 Å². The van der Waals surface area contributed by atoms with Gasteiger partial charge in [-0.2, -0.15) is 0 Å². The molecule has 0 aliphatic carbocycles. The Morgan fingerprint density at radius 2 is 1.80 bits per heavy atom. The number of hydrogen-bond donors (Lipinski definition) is 2. The van der Waals surface area contributed by atoms with Crippen LogP contribution in [0.25, 0.3) is 0 Å². The molecule has 0 bridgehead atoms. The highest BCUT2D eigenvalue weighted by atomic mass is 16.3. The fraction of sp³-hybridized carbons (Fsp3) is 1.00. The van der Waals surface area contributed by atoms with Crippen LogP contribution >= 0.6 is 0 Å². The minimum absolute atomic E-state index is 0.323. The largest absolute Gasteiger partial charge is 0.396 e. The van der Waals surface area contributed by atoms with Gasteiger partial charge in [0.1, 0.15) is 0 Å². The second-order valence-electron chi connectivity index (χ2n) is 4.75. The summed E-state index contributed by atoms with van der Waals surface area (Å²) in [5.41, 5.74) is 0. The Balaban J connectivity index is 3.76. The standard InChI is InChI=1S/C13H29NO/c1-5-7-13(8-9-15)10-14-12(4)11(3)6-2/h11-15H,5-10H2,1-4H3. The number of aliphatic hydroxyl groups is 1. The average Bonchev–Trinajstić information content (AvgIpc) is 2.25. The van der Waals surface area contributed by atoms with Gasteiger partial charge in [0.15, 0.2) is 0 Å². The minimum Gasteiger partial charge on any atom is -0.396 e. The summed E-state index contributed by atoms with van der Waals surface area (Å²) in [5, 5.41) is 12.5. The molecule has 0 aromatic carbocycles. The van der Waals surface area contributed by atoms with Crippen LogP contribution < -0.4 is 5.32 Å². The van der Waals surface area contributed by atoms with E-state index in [9.17, 15) is 0 Å². The van der Waals surface area contributed by atoms with Crippen LogP contribution in [0.5, 0.6) is 0 Å². The summed E-state index contributed by atoms with van der Waals surface area (Å²) < 4.78 is 0. The molecule has 0 rings (SSSR count). The molecule has 0 saturated heterocycles. The molecule has 0 aromatic heterocycles. The maximum atomic E-state index is 8.96. The predicted molar refractivity (Wildman–Crippen MR) is 67.0 cm³/mol. The highest BCUT2D eigenvalue weighted by Gasteiger charge is 2.12. The van der Waals surface area contributed by atoms with E-state index in [1.54, 1.807) is 0 Å². The maximum Gasteiger partial charge on any atom is 0.0434 e. The lowest BCUT2D eigenvalue weighted by Crippen LogP contribution is -2.35. The highest BCUT2D eigenvalue weighted by molar-refractivity contribution is 4.70. The molecule has 0 aliphatic rings. The first kappa shape index (κ1) is 14.9. The molecule has 3 atom stereocenters. The van der Waals surface area contributed by atoms with Gasteiger partial charge in [0.25, 0.3) is 0 Å². The van der Waals surface area contributed by atoms with E-state index in [1.807, 2.05) is 0 Å². The Morgan fingerprint density at radius 1 is 1.13 bits per heavy atom. The molecule has 0 heterocycles. The van der Waals surface area contributed by atoms with E-state index in [2.05, 4.69) is 33.0 Å². The van der Waals surface area contributed by atoms with Crippen molar-refractivity contribution in [1.82, 2.24) is 5.32 Å². The summed E-state index contributed by atoms with van der Waals surface area (Å²) in [6.07, 6.45) is 4.60. The van der Waals surface area contributed by atoms with Gasteiger partial charge in [-0.05, 0) is 38.1 Å². The van der Waals surface area contributed by atoms with E-state index < -0.39 is 0 Å². The van der Waals surface area contributed by atoms with Crippen molar-refractivity contribution in [2.45, 2.75) is 59.4 Å². The third-order valence-electron chi connectivity index (χ3n) is 3.46. The number of nitrogens with one attached hydrogen (secondary N) is 1. The molecule has 15 heavy (non-hydrogen) atoms. The minimum atomic E-state index is 0.323. The maximum absolute atomic E-state index is 8.96. The van der Waals surface area contributed by atoms with E-state index >= 15 is 0 Å². The third-order valence-corrected chi connectivity index (χ3v) is 3.46. The Morgan fingerprint density at radius 3 is 2.27 bits per heavy atom. The molecule has 0 radical (unpaired) electrons. The summed E-state index contributed by atoms with van der Waals surface area (Å²) in [5.74, 6) is 1.38. The lowest BCUT2D eigenvalue weighted by molar-refractivity contribution is 0.241. The molecule has 0 fully saturated rings. The van der Waals surface area contributed by atoms with E-state index in [0.29, 0.717) is 18.6 Å². The summed E-state index contributed by atoms with van der Waals surface area (Å²) in [6, 6.07) is 0.591. The smallest absolute Gasteiger partial charge is 0.0434 e.